The Bertz CT molecular complexity index is 483. The largest absolute Gasteiger partial charge is 0.370 e. The Morgan fingerprint density at radius 3 is 2.75 bits per heavy atom. The van der Waals surface area contributed by atoms with E-state index in [1.54, 1.807) is 18.4 Å². The van der Waals surface area contributed by atoms with E-state index in [1.165, 1.54) is 0 Å². The van der Waals surface area contributed by atoms with Crippen LogP contribution in [0.3, 0.4) is 0 Å². The second kappa shape index (κ2) is 5.26. The molecule has 1 amide bonds. The van der Waals surface area contributed by atoms with E-state index in [0.717, 1.165) is 11.3 Å². The van der Waals surface area contributed by atoms with Crippen LogP contribution < -0.4 is 10.5 Å². The van der Waals surface area contributed by atoms with Crippen molar-refractivity contribution in [3.63, 3.8) is 0 Å². The van der Waals surface area contributed by atoms with Crippen molar-refractivity contribution in [2.45, 2.75) is 23.6 Å². The molecule has 0 bridgehead atoms. The lowest BCUT2D eigenvalue weighted by molar-refractivity contribution is -0.118. The van der Waals surface area contributed by atoms with Crippen LogP contribution in [0.5, 0.6) is 0 Å². The molecule has 5 nitrogen and oxygen atoms in total. The fourth-order valence-electron chi connectivity index (χ4n) is 1.13. The van der Waals surface area contributed by atoms with Crippen molar-refractivity contribution in [3.8, 4) is 0 Å². The maximum Gasteiger partial charge on any atom is 0.251 e. The van der Waals surface area contributed by atoms with Crippen molar-refractivity contribution in [1.29, 1.82) is 0 Å². The summed E-state index contributed by atoms with van der Waals surface area (Å²) in [7, 11) is -3.58. The van der Waals surface area contributed by atoms with Gasteiger partial charge in [-0.3, -0.25) is 4.79 Å². The quantitative estimate of drug-likeness (QED) is 0.847. The second-order valence-electron chi connectivity index (χ2n) is 3.25. The van der Waals surface area contributed by atoms with Crippen molar-refractivity contribution < 1.29 is 13.2 Å². The van der Waals surface area contributed by atoms with Gasteiger partial charge in [-0.1, -0.05) is 0 Å². The summed E-state index contributed by atoms with van der Waals surface area (Å²) in [6, 6.07) is 1.13. The Balaban J connectivity index is 2.81. The van der Waals surface area contributed by atoms with Gasteiger partial charge in [0.1, 0.15) is 4.21 Å². The zero-order valence-electron chi connectivity index (χ0n) is 8.44. The number of hydrogen-bond donors (Lipinski definition) is 2. The van der Waals surface area contributed by atoms with Crippen LogP contribution in [-0.4, -0.2) is 20.4 Å². The number of primary amides is 1. The average Bonchev–Trinajstić information content (AvgIpc) is 2.48. The van der Waals surface area contributed by atoms with Crippen molar-refractivity contribution in [3.05, 3.63) is 15.9 Å². The van der Waals surface area contributed by atoms with E-state index in [1.807, 2.05) is 0 Å². The van der Waals surface area contributed by atoms with Crippen LogP contribution in [0.2, 0.25) is 0 Å². The van der Waals surface area contributed by atoms with E-state index in [0.29, 0.717) is 4.47 Å². The molecule has 0 aliphatic heterocycles. The highest BCUT2D eigenvalue weighted by Crippen LogP contribution is 2.27. The fourth-order valence-corrected chi connectivity index (χ4v) is 4.73. The van der Waals surface area contributed by atoms with Gasteiger partial charge in [-0.05, 0) is 34.3 Å². The third-order valence-electron chi connectivity index (χ3n) is 1.69. The number of hydrogen-bond acceptors (Lipinski definition) is 4. The Labute approximate surface area is 106 Å². The maximum absolute atomic E-state index is 11.8. The zero-order chi connectivity index (χ0) is 12.3. The molecule has 16 heavy (non-hydrogen) atoms. The summed E-state index contributed by atoms with van der Waals surface area (Å²) >= 11 is 4.25. The lowest BCUT2D eigenvalue weighted by Crippen LogP contribution is -2.35. The summed E-state index contributed by atoms with van der Waals surface area (Å²) in [6.45, 7) is 1.59. The SMILES string of the molecule is CC(CC(N)=O)NS(=O)(=O)c1sccc1Br. The average molecular weight is 327 g/mol. The lowest BCUT2D eigenvalue weighted by atomic mass is 10.2. The monoisotopic (exact) mass is 326 g/mol. The highest BCUT2D eigenvalue weighted by atomic mass is 79.9. The number of nitrogens with one attached hydrogen (secondary N) is 1. The molecule has 0 aliphatic carbocycles. The zero-order valence-corrected chi connectivity index (χ0v) is 11.7. The smallest absolute Gasteiger partial charge is 0.251 e. The summed E-state index contributed by atoms with van der Waals surface area (Å²) in [5.74, 6) is -0.541. The number of rotatable bonds is 5. The molecule has 1 heterocycles. The summed E-state index contributed by atoms with van der Waals surface area (Å²) in [4.78, 5) is 10.6. The van der Waals surface area contributed by atoms with Crippen LogP contribution in [0.25, 0.3) is 0 Å². The first-order valence-corrected chi connectivity index (χ1v) is 7.52. The number of carbonyl (C=O) groups is 1. The van der Waals surface area contributed by atoms with Gasteiger partial charge in [-0.15, -0.1) is 11.3 Å². The third kappa shape index (κ3) is 3.55. The number of carbonyl (C=O) groups excluding carboxylic acids is 1. The standard InChI is InChI=1S/C8H11BrN2O3S2/c1-5(4-7(10)12)11-16(13,14)8-6(9)2-3-15-8/h2-3,5,11H,4H2,1H3,(H2,10,12). The van der Waals surface area contributed by atoms with Crippen LogP contribution in [0.15, 0.2) is 20.1 Å². The molecule has 0 fully saturated rings. The predicted molar refractivity (Wildman–Crippen MR) is 65.6 cm³/mol. The van der Waals surface area contributed by atoms with Crippen LogP contribution in [0.4, 0.5) is 0 Å². The molecule has 0 saturated carbocycles. The molecule has 1 aromatic rings. The van der Waals surface area contributed by atoms with E-state index in [4.69, 9.17) is 5.73 Å². The van der Waals surface area contributed by atoms with Gasteiger partial charge < -0.3 is 5.73 Å². The molecule has 0 saturated heterocycles. The Morgan fingerprint density at radius 1 is 1.69 bits per heavy atom. The van der Waals surface area contributed by atoms with E-state index in [-0.39, 0.29) is 10.6 Å². The van der Waals surface area contributed by atoms with Gasteiger partial charge in [0.15, 0.2) is 0 Å². The topological polar surface area (TPSA) is 89.3 Å². The first-order chi connectivity index (χ1) is 7.33. The molecule has 1 atom stereocenters. The Morgan fingerprint density at radius 2 is 2.31 bits per heavy atom. The molecule has 0 radical (unpaired) electrons. The molecule has 1 unspecified atom stereocenters. The fraction of sp³-hybridized carbons (Fsp3) is 0.375. The van der Waals surface area contributed by atoms with Crippen LogP contribution in [0.1, 0.15) is 13.3 Å². The van der Waals surface area contributed by atoms with Gasteiger partial charge in [0.05, 0.1) is 0 Å². The molecular formula is C8H11BrN2O3S2. The van der Waals surface area contributed by atoms with E-state index < -0.39 is 22.0 Å². The van der Waals surface area contributed by atoms with E-state index in [9.17, 15) is 13.2 Å². The number of halogens is 1. The summed E-state index contributed by atoms with van der Waals surface area (Å²) in [6.07, 6.45) is -0.0256. The molecule has 0 aliphatic rings. The number of sulfonamides is 1. The summed E-state index contributed by atoms with van der Waals surface area (Å²) in [5, 5.41) is 1.66. The maximum atomic E-state index is 11.8. The van der Waals surface area contributed by atoms with Gasteiger partial charge in [-0.25, -0.2) is 13.1 Å². The normalized spacial score (nSPS) is 13.6. The number of thiophene rings is 1. The van der Waals surface area contributed by atoms with Crippen molar-refractivity contribution >= 4 is 43.2 Å². The molecule has 8 heteroatoms. The minimum atomic E-state index is -3.58. The van der Waals surface area contributed by atoms with Crippen molar-refractivity contribution in [2.24, 2.45) is 5.73 Å². The highest BCUT2D eigenvalue weighted by Gasteiger charge is 2.22. The highest BCUT2D eigenvalue weighted by molar-refractivity contribution is 9.10. The third-order valence-corrected chi connectivity index (χ3v) is 5.95. The van der Waals surface area contributed by atoms with Crippen molar-refractivity contribution in [1.82, 2.24) is 4.72 Å². The summed E-state index contributed by atoms with van der Waals surface area (Å²) < 4.78 is 26.7. The minimum Gasteiger partial charge on any atom is -0.370 e. The Kier molecular flexibility index (Phi) is 4.48. The van der Waals surface area contributed by atoms with Gasteiger partial charge in [0.25, 0.3) is 10.0 Å². The minimum absolute atomic E-state index is 0.0256. The molecule has 0 aromatic carbocycles. The number of nitrogens with two attached hydrogens (primary N) is 1. The van der Waals surface area contributed by atoms with Gasteiger partial charge in [0.2, 0.25) is 5.91 Å². The lowest BCUT2D eigenvalue weighted by Gasteiger charge is -2.11. The van der Waals surface area contributed by atoms with Crippen LogP contribution in [-0.2, 0) is 14.8 Å². The molecule has 3 N–H and O–H groups in total. The number of amides is 1. The van der Waals surface area contributed by atoms with E-state index in [2.05, 4.69) is 20.7 Å². The molecule has 1 aromatic heterocycles. The molecular weight excluding hydrogens is 316 g/mol. The van der Waals surface area contributed by atoms with Gasteiger partial charge in [-0.2, -0.15) is 0 Å². The Hall–Kier alpha value is -0.440. The molecule has 0 spiro atoms. The summed E-state index contributed by atoms with van der Waals surface area (Å²) in [5.41, 5.74) is 4.98. The first-order valence-electron chi connectivity index (χ1n) is 4.36. The molecule has 90 valence electrons. The van der Waals surface area contributed by atoms with Gasteiger partial charge >= 0.3 is 0 Å². The van der Waals surface area contributed by atoms with E-state index >= 15 is 0 Å². The van der Waals surface area contributed by atoms with Crippen molar-refractivity contribution in [2.75, 3.05) is 0 Å². The molecule has 1 rings (SSSR count). The van der Waals surface area contributed by atoms with Gasteiger partial charge in [0, 0.05) is 16.9 Å². The predicted octanol–water partition coefficient (Wildman–Crippen LogP) is 1.05. The van der Waals surface area contributed by atoms with Crippen LogP contribution >= 0.6 is 27.3 Å². The van der Waals surface area contributed by atoms with Crippen LogP contribution in [0, 0.1) is 0 Å². The second-order valence-corrected chi connectivity index (χ2v) is 6.93. The first kappa shape index (κ1) is 13.6.